The Balaban J connectivity index is 2.41. The van der Waals surface area contributed by atoms with Crippen LogP contribution in [0, 0.1) is 0 Å². The van der Waals surface area contributed by atoms with Crippen molar-refractivity contribution in [3.05, 3.63) is 41.5 Å². The van der Waals surface area contributed by atoms with Gasteiger partial charge in [0.25, 0.3) is 8.32 Å². The fourth-order valence-electron chi connectivity index (χ4n) is 4.01. The lowest BCUT2D eigenvalue weighted by Crippen LogP contribution is -2.50. The van der Waals surface area contributed by atoms with Crippen molar-refractivity contribution in [1.82, 2.24) is 0 Å². The zero-order valence-corrected chi connectivity index (χ0v) is 19.6. The van der Waals surface area contributed by atoms with Crippen LogP contribution in [0.1, 0.15) is 45.7 Å². The van der Waals surface area contributed by atoms with E-state index in [0.29, 0.717) is 17.2 Å². The van der Waals surface area contributed by atoms with Crippen molar-refractivity contribution in [2.45, 2.75) is 65.0 Å². The molecule has 0 fully saturated rings. The van der Waals surface area contributed by atoms with Gasteiger partial charge in [0.15, 0.2) is 11.5 Å². The van der Waals surface area contributed by atoms with Crippen LogP contribution >= 0.6 is 0 Å². The summed E-state index contributed by atoms with van der Waals surface area (Å²) in [5.41, 5.74) is 1.95. The van der Waals surface area contributed by atoms with Gasteiger partial charge in [0.2, 0.25) is 17.2 Å². The zero-order valence-electron chi connectivity index (χ0n) is 18.6. The molecule has 5 nitrogen and oxygen atoms in total. The van der Waals surface area contributed by atoms with E-state index in [1.54, 1.807) is 7.11 Å². The number of phenolic OH excluding ortho intramolecular Hbond substituents is 1. The van der Waals surface area contributed by atoms with Gasteiger partial charge >= 0.3 is 0 Å². The molecule has 1 atom stereocenters. The summed E-state index contributed by atoms with van der Waals surface area (Å²) < 4.78 is 24.5. The molecule has 0 spiro atoms. The quantitative estimate of drug-likeness (QED) is 0.638. The number of phenols is 1. The molecule has 0 amide bonds. The first-order valence-electron chi connectivity index (χ1n) is 10.1. The van der Waals surface area contributed by atoms with E-state index in [1.165, 1.54) is 0 Å². The second kappa shape index (κ2) is 7.48. The second-order valence-corrected chi connectivity index (χ2v) is 12.9. The number of hydrogen-bond donors (Lipinski definition) is 1. The molecule has 1 unspecified atom stereocenters. The first-order valence-corrected chi connectivity index (χ1v) is 13.0. The van der Waals surface area contributed by atoms with E-state index < -0.39 is 13.4 Å². The van der Waals surface area contributed by atoms with Crippen molar-refractivity contribution >= 4 is 8.32 Å². The van der Waals surface area contributed by atoms with E-state index in [2.05, 4.69) is 32.2 Å². The Labute approximate surface area is 174 Å². The molecule has 1 aliphatic rings. The van der Waals surface area contributed by atoms with E-state index >= 15 is 0 Å². The van der Waals surface area contributed by atoms with Crippen molar-refractivity contribution in [2.75, 3.05) is 7.11 Å². The molecule has 158 valence electrons. The largest absolute Gasteiger partial charge is 0.540 e. The second-order valence-electron chi connectivity index (χ2n) is 8.68. The van der Waals surface area contributed by atoms with Gasteiger partial charge in [0.1, 0.15) is 0 Å². The van der Waals surface area contributed by atoms with Crippen LogP contribution in [-0.2, 0) is 5.04 Å². The van der Waals surface area contributed by atoms with Crippen LogP contribution < -0.4 is 18.6 Å². The van der Waals surface area contributed by atoms with Crippen molar-refractivity contribution in [3.8, 4) is 28.7 Å². The third kappa shape index (κ3) is 3.33. The van der Waals surface area contributed by atoms with Crippen LogP contribution in [0.25, 0.3) is 0 Å². The Morgan fingerprint density at radius 3 is 2.00 bits per heavy atom. The SMILES string of the molecule is COc1c(O)c(OC(C)C)c(OC(C)C)c2c1C(C)(c1ccccc1)[Si](C)(C)O2. The Morgan fingerprint density at radius 1 is 0.931 bits per heavy atom. The predicted molar refractivity (Wildman–Crippen MR) is 117 cm³/mol. The minimum atomic E-state index is -2.38. The van der Waals surface area contributed by atoms with Crippen molar-refractivity contribution in [1.29, 1.82) is 0 Å². The Hall–Kier alpha value is -2.34. The van der Waals surface area contributed by atoms with Crippen LogP contribution in [0.4, 0.5) is 0 Å². The Bertz CT molecular complexity index is 892. The molecule has 3 rings (SSSR count). The lowest BCUT2D eigenvalue weighted by atomic mass is 9.89. The molecule has 0 bridgehead atoms. The highest BCUT2D eigenvalue weighted by Gasteiger charge is 2.59. The molecule has 0 saturated heterocycles. The van der Waals surface area contributed by atoms with Gasteiger partial charge in [-0.05, 0) is 46.4 Å². The van der Waals surface area contributed by atoms with Crippen molar-refractivity contribution in [3.63, 3.8) is 0 Å². The monoisotopic (exact) mass is 416 g/mol. The number of rotatable bonds is 6. The molecular weight excluding hydrogens is 384 g/mol. The molecule has 1 aliphatic heterocycles. The first kappa shape index (κ1) is 21.4. The van der Waals surface area contributed by atoms with E-state index in [1.807, 2.05) is 45.9 Å². The van der Waals surface area contributed by atoms with Gasteiger partial charge in [-0.15, -0.1) is 0 Å². The maximum Gasteiger partial charge on any atom is 0.260 e. The normalized spacial score (nSPS) is 19.8. The smallest absolute Gasteiger partial charge is 0.260 e. The topological polar surface area (TPSA) is 57.2 Å². The molecule has 0 saturated carbocycles. The van der Waals surface area contributed by atoms with Gasteiger partial charge in [-0.3, -0.25) is 0 Å². The molecule has 1 N–H and O–H groups in total. The lowest BCUT2D eigenvalue weighted by molar-refractivity contribution is 0.186. The molecule has 29 heavy (non-hydrogen) atoms. The molecule has 2 aromatic carbocycles. The molecule has 2 aromatic rings. The van der Waals surface area contributed by atoms with Gasteiger partial charge < -0.3 is 23.7 Å². The Kier molecular flexibility index (Phi) is 5.51. The number of ether oxygens (including phenoxy) is 3. The highest BCUT2D eigenvalue weighted by Crippen LogP contribution is 2.63. The zero-order chi connectivity index (χ0) is 21.6. The van der Waals surface area contributed by atoms with Gasteiger partial charge in [0, 0.05) is 0 Å². The summed E-state index contributed by atoms with van der Waals surface area (Å²) in [4.78, 5) is 0. The summed E-state index contributed by atoms with van der Waals surface area (Å²) in [5.74, 6) is 1.67. The maximum absolute atomic E-state index is 11.2. The summed E-state index contributed by atoms with van der Waals surface area (Å²) >= 11 is 0. The number of benzene rings is 2. The van der Waals surface area contributed by atoms with Crippen molar-refractivity contribution in [2.24, 2.45) is 0 Å². The molecule has 6 heteroatoms. The van der Waals surface area contributed by atoms with Gasteiger partial charge in [-0.25, -0.2) is 0 Å². The van der Waals surface area contributed by atoms with E-state index in [9.17, 15) is 5.11 Å². The first-order chi connectivity index (χ1) is 13.5. The third-order valence-electron chi connectivity index (χ3n) is 5.62. The average molecular weight is 417 g/mol. The molecule has 0 aliphatic carbocycles. The minimum Gasteiger partial charge on any atom is -0.540 e. The standard InChI is InChI=1S/C23H32O5Si/c1-14(2)26-21-18(24)19(25-6)17-20(22(21)27-15(3)4)28-29(7,8)23(17,5)16-12-10-9-11-13-16/h9-15,24H,1-8H3. The highest BCUT2D eigenvalue weighted by atomic mass is 28.4. The van der Waals surface area contributed by atoms with Crippen LogP contribution in [0.15, 0.2) is 30.3 Å². The van der Waals surface area contributed by atoms with Crippen LogP contribution in [0.3, 0.4) is 0 Å². The fourth-order valence-corrected chi connectivity index (χ4v) is 6.61. The number of hydrogen-bond acceptors (Lipinski definition) is 5. The third-order valence-corrected chi connectivity index (χ3v) is 9.28. The lowest BCUT2D eigenvalue weighted by Gasteiger charge is -2.35. The summed E-state index contributed by atoms with van der Waals surface area (Å²) in [7, 11) is -0.817. The van der Waals surface area contributed by atoms with Crippen LogP contribution in [0.5, 0.6) is 28.7 Å². The van der Waals surface area contributed by atoms with Gasteiger partial charge in [-0.2, -0.15) is 0 Å². The molecule has 0 aromatic heterocycles. The number of fused-ring (bicyclic) bond motifs is 1. The molecule has 0 radical (unpaired) electrons. The Morgan fingerprint density at radius 2 is 1.48 bits per heavy atom. The van der Waals surface area contributed by atoms with E-state index in [-0.39, 0.29) is 23.7 Å². The number of methoxy groups -OCH3 is 1. The van der Waals surface area contributed by atoms with Gasteiger partial charge in [-0.1, -0.05) is 37.3 Å². The van der Waals surface area contributed by atoms with Gasteiger partial charge in [0.05, 0.1) is 29.9 Å². The summed E-state index contributed by atoms with van der Waals surface area (Å²) in [6, 6.07) is 10.3. The fraction of sp³-hybridized carbons (Fsp3) is 0.478. The summed E-state index contributed by atoms with van der Waals surface area (Å²) in [6.45, 7) is 14.2. The molecule has 1 heterocycles. The summed E-state index contributed by atoms with van der Waals surface area (Å²) in [6.07, 6.45) is -0.260. The van der Waals surface area contributed by atoms with Crippen LogP contribution in [0.2, 0.25) is 13.1 Å². The average Bonchev–Trinajstić information content (AvgIpc) is 2.86. The van der Waals surface area contributed by atoms with E-state index in [4.69, 9.17) is 18.6 Å². The minimum absolute atomic E-state index is 0.0481. The summed E-state index contributed by atoms with van der Waals surface area (Å²) in [5, 5.41) is 10.7. The predicted octanol–water partition coefficient (Wildman–Crippen LogP) is 5.42. The van der Waals surface area contributed by atoms with Crippen molar-refractivity contribution < 1.29 is 23.7 Å². The highest BCUT2D eigenvalue weighted by molar-refractivity contribution is 6.77. The maximum atomic E-state index is 11.2. The van der Waals surface area contributed by atoms with Crippen LogP contribution in [-0.4, -0.2) is 32.7 Å². The van der Waals surface area contributed by atoms with E-state index in [0.717, 1.165) is 11.1 Å². The molecular formula is C23H32O5Si. The number of aromatic hydroxyl groups is 1.